The van der Waals surface area contributed by atoms with E-state index in [0.717, 1.165) is 18.4 Å². The summed E-state index contributed by atoms with van der Waals surface area (Å²) < 4.78 is 61.2. The standard InChI is InChI=1S/C29H34F4N2O3/c30-26-16-22(4-7-25(26)27(37)35-15-10-23(36)17-35)21-2-5-24(6-3-21)38-18-20-8-13-34(14-9-20)19-28(11-1-12-28)29(31,32)33/h2-7,16,20,23,36H,1,8-15,17-19H2. The van der Waals surface area contributed by atoms with Gasteiger partial charge in [-0.1, -0.05) is 24.6 Å². The maximum Gasteiger partial charge on any atom is 0.395 e. The van der Waals surface area contributed by atoms with Crippen molar-refractivity contribution in [2.75, 3.05) is 39.3 Å². The highest BCUT2D eigenvalue weighted by Gasteiger charge is 2.58. The third-order valence-corrected chi connectivity index (χ3v) is 8.47. The summed E-state index contributed by atoms with van der Waals surface area (Å²) in [5.41, 5.74) is -0.0822. The number of nitrogens with zero attached hydrogens (tertiary/aromatic N) is 2. The van der Waals surface area contributed by atoms with Crippen molar-refractivity contribution < 1.29 is 32.2 Å². The molecule has 1 aliphatic carbocycles. The van der Waals surface area contributed by atoms with E-state index in [9.17, 15) is 27.5 Å². The van der Waals surface area contributed by atoms with Gasteiger partial charge in [0.1, 0.15) is 11.6 Å². The highest BCUT2D eigenvalue weighted by atomic mass is 19.4. The first-order chi connectivity index (χ1) is 18.1. The van der Waals surface area contributed by atoms with Gasteiger partial charge >= 0.3 is 6.18 Å². The lowest BCUT2D eigenvalue weighted by Gasteiger charge is -2.47. The molecule has 0 bridgehead atoms. The lowest BCUT2D eigenvalue weighted by Crippen LogP contribution is -2.53. The second-order valence-corrected chi connectivity index (χ2v) is 11.1. The number of amides is 1. The maximum atomic E-state index is 14.7. The van der Waals surface area contributed by atoms with E-state index < -0.39 is 29.4 Å². The van der Waals surface area contributed by atoms with Crippen molar-refractivity contribution in [1.29, 1.82) is 0 Å². The molecule has 3 fully saturated rings. The Labute approximate surface area is 220 Å². The van der Waals surface area contributed by atoms with Crippen molar-refractivity contribution in [3.05, 3.63) is 53.8 Å². The first-order valence-corrected chi connectivity index (χ1v) is 13.4. The van der Waals surface area contributed by atoms with Gasteiger partial charge in [-0.2, -0.15) is 13.2 Å². The molecule has 1 N–H and O–H groups in total. The molecule has 2 aromatic rings. The van der Waals surface area contributed by atoms with Gasteiger partial charge < -0.3 is 19.6 Å². The maximum absolute atomic E-state index is 14.7. The number of alkyl halides is 3. The molecule has 5 nitrogen and oxygen atoms in total. The number of hydrogen-bond acceptors (Lipinski definition) is 4. The minimum absolute atomic E-state index is 0.00452. The minimum Gasteiger partial charge on any atom is -0.493 e. The molecule has 1 saturated carbocycles. The van der Waals surface area contributed by atoms with Crippen LogP contribution in [0.25, 0.3) is 11.1 Å². The monoisotopic (exact) mass is 534 g/mol. The first kappa shape index (κ1) is 26.9. The van der Waals surface area contributed by atoms with E-state index >= 15 is 0 Å². The van der Waals surface area contributed by atoms with E-state index in [1.807, 2.05) is 29.2 Å². The summed E-state index contributed by atoms with van der Waals surface area (Å²) in [4.78, 5) is 16.0. The van der Waals surface area contributed by atoms with Crippen molar-refractivity contribution in [3.63, 3.8) is 0 Å². The number of halogens is 4. The van der Waals surface area contributed by atoms with Crippen LogP contribution in [0.4, 0.5) is 17.6 Å². The van der Waals surface area contributed by atoms with Gasteiger partial charge in [0.05, 0.1) is 23.7 Å². The van der Waals surface area contributed by atoms with Crippen molar-refractivity contribution in [3.8, 4) is 16.9 Å². The second-order valence-electron chi connectivity index (χ2n) is 11.1. The quantitative estimate of drug-likeness (QED) is 0.475. The molecule has 2 heterocycles. The van der Waals surface area contributed by atoms with Gasteiger partial charge in [-0.15, -0.1) is 0 Å². The Morgan fingerprint density at radius 3 is 2.24 bits per heavy atom. The average Bonchev–Trinajstić information content (AvgIpc) is 3.31. The third kappa shape index (κ3) is 5.69. The van der Waals surface area contributed by atoms with Gasteiger partial charge in [0.2, 0.25) is 0 Å². The lowest BCUT2D eigenvalue weighted by atomic mass is 9.67. The van der Waals surface area contributed by atoms with Crippen LogP contribution in [0.1, 0.15) is 48.9 Å². The normalized spacial score (nSPS) is 22.3. The summed E-state index contributed by atoms with van der Waals surface area (Å²) >= 11 is 0. The number of aliphatic hydroxyl groups excluding tert-OH is 1. The molecule has 3 aliphatic rings. The van der Waals surface area contributed by atoms with Gasteiger partial charge in [0.15, 0.2) is 0 Å². The van der Waals surface area contributed by atoms with Gasteiger partial charge in [0, 0.05) is 19.6 Å². The molecular formula is C29H34F4N2O3. The molecule has 0 spiro atoms. The number of rotatable bonds is 7. The molecule has 2 aromatic carbocycles. The Morgan fingerprint density at radius 2 is 1.68 bits per heavy atom. The number of carbonyl (C=O) groups is 1. The number of carbonyl (C=O) groups excluding carboxylic acids is 1. The molecular weight excluding hydrogens is 500 g/mol. The van der Waals surface area contributed by atoms with E-state index in [1.165, 1.54) is 17.0 Å². The highest BCUT2D eigenvalue weighted by molar-refractivity contribution is 5.95. The Bertz CT molecular complexity index is 1130. The van der Waals surface area contributed by atoms with E-state index in [2.05, 4.69) is 0 Å². The number of hydrogen-bond donors (Lipinski definition) is 1. The number of benzene rings is 2. The Balaban J connectivity index is 1.11. The predicted molar refractivity (Wildman–Crippen MR) is 135 cm³/mol. The Hall–Kier alpha value is -2.65. The summed E-state index contributed by atoms with van der Waals surface area (Å²) in [5.74, 6) is -0.0336. The van der Waals surface area contributed by atoms with Gasteiger partial charge in [-0.05, 0) is 86.5 Å². The van der Waals surface area contributed by atoms with E-state index in [1.54, 1.807) is 6.07 Å². The number of likely N-dealkylation sites (tertiary alicyclic amines) is 2. The molecule has 206 valence electrons. The van der Waals surface area contributed by atoms with Crippen LogP contribution < -0.4 is 4.74 Å². The van der Waals surface area contributed by atoms with E-state index in [0.29, 0.717) is 56.3 Å². The SMILES string of the molecule is O=C(c1ccc(-c2ccc(OCC3CCN(CC4(C(F)(F)F)CCC4)CC3)cc2)cc1F)N1CCC(O)C1. The third-order valence-electron chi connectivity index (χ3n) is 8.47. The fourth-order valence-electron chi connectivity index (χ4n) is 5.80. The van der Waals surface area contributed by atoms with Crippen LogP contribution in [-0.2, 0) is 0 Å². The molecule has 1 amide bonds. The largest absolute Gasteiger partial charge is 0.493 e. The average molecular weight is 535 g/mol. The number of β-amino-alcohol motifs (C(OH)–C–C–N with tert-alkyl or cyclic N) is 1. The number of ether oxygens (including phenoxy) is 1. The molecule has 1 unspecified atom stereocenters. The molecule has 9 heteroatoms. The molecule has 38 heavy (non-hydrogen) atoms. The molecule has 0 aromatic heterocycles. The number of piperidine rings is 1. The summed E-state index contributed by atoms with van der Waals surface area (Å²) in [6.07, 6.45) is -1.41. The van der Waals surface area contributed by atoms with Crippen LogP contribution in [0.5, 0.6) is 5.75 Å². The van der Waals surface area contributed by atoms with E-state index in [4.69, 9.17) is 4.74 Å². The zero-order valence-corrected chi connectivity index (χ0v) is 21.4. The predicted octanol–water partition coefficient (Wildman–Crippen LogP) is 5.52. The number of aliphatic hydroxyl groups is 1. The smallest absolute Gasteiger partial charge is 0.395 e. The topological polar surface area (TPSA) is 53.0 Å². The first-order valence-electron chi connectivity index (χ1n) is 13.4. The summed E-state index contributed by atoms with van der Waals surface area (Å²) in [5, 5.41) is 9.64. The van der Waals surface area contributed by atoms with Gasteiger partial charge in [0.25, 0.3) is 5.91 Å². The molecule has 2 saturated heterocycles. The Morgan fingerprint density at radius 1 is 1.00 bits per heavy atom. The van der Waals surface area contributed by atoms with Crippen LogP contribution in [0.15, 0.2) is 42.5 Å². The minimum atomic E-state index is -4.12. The fourth-order valence-corrected chi connectivity index (χ4v) is 5.80. The zero-order chi connectivity index (χ0) is 26.9. The molecule has 2 aliphatic heterocycles. The lowest BCUT2D eigenvalue weighted by molar-refractivity contribution is -0.256. The fraction of sp³-hybridized carbons (Fsp3) is 0.552. The molecule has 5 rings (SSSR count). The van der Waals surface area contributed by atoms with Crippen molar-refractivity contribution in [2.45, 2.75) is 50.8 Å². The van der Waals surface area contributed by atoms with Gasteiger partial charge in [-0.25, -0.2) is 4.39 Å². The van der Waals surface area contributed by atoms with Crippen LogP contribution >= 0.6 is 0 Å². The van der Waals surface area contributed by atoms with E-state index in [-0.39, 0.29) is 31.5 Å². The highest BCUT2D eigenvalue weighted by Crippen LogP contribution is 2.53. The summed E-state index contributed by atoms with van der Waals surface area (Å²) in [7, 11) is 0. The summed E-state index contributed by atoms with van der Waals surface area (Å²) in [6, 6.07) is 11.8. The van der Waals surface area contributed by atoms with Crippen molar-refractivity contribution >= 4 is 5.91 Å². The van der Waals surface area contributed by atoms with Crippen molar-refractivity contribution in [2.24, 2.45) is 11.3 Å². The second kappa shape index (κ2) is 10.8. The summed E-state index contributed by atoms with van der Waals surface area (Å²) in [6.45, 7) is 2.58. The van der Waals surface area contributed by atoms with Crippen LogP contribution in [0.2, 0.25) is 0 Å². The van der Waals surface area contributed by atoms with Crippen molar-refractivity contribution in [1.82, 2.24) is 9.80 Å². The van der Waals surface area contributed by atoms with Crippen LogP contribution in [0.3, 0.4) is 0 Å². The Kier molecular flexibility index (Phi) is 7.69. The van der Waals surface area contributed by atoms with Crippen LogP contribution in [-0.4, -0.2) is 72.4 Å². The van der Waals surface area contributed by atoms with Gasteiger partial charge in [-0.3, -0.25) is 4.79 Å². The molecule has 0 radical (unpaired) electrons. The molecule has 1 atom stereocenters. The van der Waals surface area contributed by atoms with Crippen LogP contribution in [0, 0.1) is 17.2 Å². The zero-order valence-electron chi connectivity index (χ0n) is 21.4.